The van der Waals surface area contributed by atoms with Gasteiger partial charge in [0.1, 0.15) is 9.88 Å². The van der Waals surface area contributed by atoms with Crippen LogP contribution in [0.4, 0.5) is 5.00 Å². The van der Waals surface area contributed by atoms with Gasteiger partial charge in [-0.3, -0.25) is 4.79 Å². The van der Waals surface area contributed by atoms with Crippen LogP contribution in [0.15, 0.2) is 24.5 Å². The molecule has 2 rings (SSSR count). The summed E-state index contributed by atoms with van der Waals surface area (Å²) in [5, 5.41) is 3.01. The van der Waals surface area contributed by atoms with Crippen LogP contribution in [-0.4, -0.2) is 31.1 Å². The summed E-state index contributed by atoms with van der Waals surface area (Å²) in [6.07, 6.45) is 3.59. The number of carbonyl (C=O) groups excluding carboxylic acids is 3. The highest BCUT2D eigenvalue weighted by Gasteiger charge is 2.27. The lowest BCUT2D eigenvalue weighted by Gasteiger charge is -2.06. The first kappa shape index (κ1) is 20.6. The topological polar surface area (TPSA) is 85.6 Å². The highest BCUT2D eigenvalue weighted by Crippen LogP contribution is 2.34. The zero-order valence-corrected chi connectivity index (χ0v) is 16.6. The van der Waals surface area contributed by atoms with Crippen LogP contribution in [0.5, 0.6) is 0 Å². The van der Waals surface area contributed by atoms with Gasteiger partial charge in [-0.25, -0.2) is 9.59 Å². The fourth-order valence-corrected chi connectivity index (χ4v) is 3.52. The number of amides is 1. The summed E-state index contributed by atoms with van der Waals surface area (Å²) >= 11 is 1.01. The number of ether oxygens (including phenoxy) is 2. The molecule has 0 unspecified atom stereocenters. The van der Waals surface area contributed by atoms with Crippen molar-refractivity contribution in [2.45, 2.75) is 34.2 Å². The minimum atomic E-state index is -0.583. The van der Waals surface area contributed by atoms with E-state index in [4.69, 9.17) is 9.47 Å². The molecule has 2 heterocycles. The molecule has 2 aromatic rings. The van der Waals surface area contributed by atoms with Gasteiger partial charge >= 0.3 is 11.9 Å². The maximum atomic E-state index is 12.4. The van der Waals surface area contributed by atoms with Crippen molar-refractivity contribution in [2.75, 3.05) is 18.5 Å². The molecule has 0 saturated carbocycles. The molecule has 0 bridgehead atoms. The standard InChI is InChI=1S/C19H22N2O5S/c1-5-25-18(23)15-13(4)16(19(24)26-6-2)27-17(15)20-14(22)11-21-9-7-12(3)8-10-21/h7-10H,5-6,11H2,1-4H3/p+1. The Kier molecular flexibility index (Phi) is 7.06. The summed E-state index contributed by atoms with van der Waals surface area (Å²) in [7, 11) is 0. The molecule has 0 aromatic carbocycles. The van der Waals surface area contributed by atoms with Gasteiger partial charge in [0.25, 0.3) is 5.91 Å². The Morgan fingerprint density at radius 2 is 1.63 bits per heavy atom. The number of pyridine rings is 1. The lowest BCUT2D eigenvalue weighted by atomic mass is 10.1. The number of nitrogens with one attached hydrogen (secondary N) is 1. The Morgan fingerprint density at radius 3 is 2.22 bits per heavy atom. The lowest BCUT2D eigenvalue weighted by Crippen LogP contribution is -2.39. The lowest BCUT2D eigenvalue weighted by molar-refractivity contribution is -0.684. The van der Waals surface area contributed by atoms with E-state index in [9.17, 15) is 14.4 Å². The number of rotatable bonds is 7. The van der Waals surface area contributed by atoms with Gasteiger partial charge in [-0.2, -0.15) is 4.57 Å². The monoisotopic (exact) mass is 391 g/mol. The molecule has 27 heavy (non-hydrogen) atoms. The molecule has 0 saturated heterocycles. The van der Waals surface area contributed by atoms with E-state index in [1.165, 1.54) is 0 Å². The summed E-state index contributed by atoms with van der Waals surface area (Å²) in [6.45, 7) is 7.48. The number of hydrogen-bond acceptors (Lipinski definition) is 6. The second kappa shape index (κ2) is 9.27. The Bertz CT molecular complexity index is 843. The smallest absolute Gasteiger partial charge is 0.348 e. The molecule has 0 radical (unpaired) electrons. The van der Waals surface area contributed by atoms with Gasteiger partial charge in [-0.15, -0.1) is 11.3 Å². The summed E-state index contributed by atoms with van der Waals surface area (Å²) in [5.41, 5.74) is 1.71. The maximum absolute atomic E-state index is 12.4. The predicted molar refractivity (Wildman–Crippen MR) is 101 cm³/mol. The van der Waals surface area contributed by atoms with Crippen LogP contribution in [-0.2, 0) is 20.8 Å². The molecule has 7 nitrogen and oxygen atoms in total. The molecule has 0 atom stereocenters. The number of esters is 2. The van der Waals surface area contributed by atoms with Crippen molar-refractivity contribution in [3.05, 3.63) is 46.1 Å². The second-order valence-corrected chi connectivity index (χ2v) is 6.82. The van der Waals surface area contributed by atoms with Gasteiger partial charge < -0.3 is 14.8 Å². The summed E-state index contributed by atoms with van der Waals surface area (Å²) in [6, 6.07) is 3.79. The van der Waals surface area contributed by atoms with Gasteiger partial charge in [0.05, 0.1) is 18.8 Å². The Hall–Kier alpha value is -2.74. The van der Waals surface area contributed by atoms with E-state index >= 15 is 0 Å². The molecule has 1 amide bonds. The molecule has 0 spiro atoms. The van der Waals surface area contributed by atoms with Gasteiger partial charge in [-0.05, 0) is 38.8 Å². The minimum absolute atomic E-state index is 0.0776. The normalized spacial score (nSPS) is 10.4. The van der Waals surface area contributed by atoms with E-state index in [2.05, 4.69) is 5.32 Å². The van der Waals surface area contributed by atoms with Crippen molar-refractivity contribution >= 4 is 34.2 Å². The van der Waals surface area contributed by atoms with Crippen LogP contribution in [0.1, 0.15) is 45.0 Å². The first-order chi connectivity index (χ1) is 12.9. The van der Waals surface area contributed by atoms with Gasteiger partial charge in [-0.1, -0.05) is 0 Å². The number of anilines is 1. The molecule has 144 valence electrons. The van der Waals surface area contributed by atoms with Gasteiger partial charge in [0.15, 0.2) is 12.4 Å². The maximum Gasteiger partial charge on any atom is 0.348 e. The molecule has 0 aliphatic heterocycles. The number of nitrogens with zero attached hydrogens (tertiary/aromatic N) is 1. The summed E-state index contributed by atoms with van der Waals surface area (Å²) < 4.78 is 11.8. The first-order valence-electron chi connectivity index (χ1n) is 8.60. The molecule has 0 aliphatic carbocycles. The first-order valence-corrected chi connectivity index (χ1v) is 9.42. The van der Waals surface area contributed by atoms with E-state index in [1.54, 1.807) is 37.7 Å². The van der Waals surface area contributed by atoms with Crippen LogP contribution >= 0.6 is 11.3 Å². The van der Waals surface area contributed by atoms with Crippen LogP contribution in [0.25, 0.3) is 0 Å². The third-order valence-corrected chi connectivity index (χ3v) is 4.91. The number of carbonyl (C=O) groups is 3. The number of hydrogen-bond donors (Lipinski definition) is 1. The third-order valence-electron chi connectivity index (χ3n) is 3.72. The average molecular weight is 391 g/mol. The van der Waals surface area contributed by atoms with Crippen LogP contribution in [0.2, 0.25) is 0 Å². The van der Waals surface area contributed by atoms with E-state index in [1.807, 2.05) is 19.1 Å². The number of aryl methyl sites for hydroxylation is 1. The highest BCUT2D eigenvalue weighted by atomic mass is 32.1. The highest BCUT2D eigenvalue weighted by molar-refractivity contribution is 7.18. The van der Waals surface area contributed by atoms with Crippen LogP contribution < -0.4 is 9.88 Å². The van der Waals surface area contributed by atoms with E-state index in [0.717, 1.165) is 16.9 Å². The largest absolute Gasteiger partial charge is 0.462 e. The Labute approximate surface area is 161 Å². The van der Waals surface area contributed by atoms with Crippen molar-refractivity contribution in [2.24, 2.45) is 0 Å². The number of thiophene rings is 1. The SMILES string of the molecule is CCOC(=O)c1sc(NC(=O)C[n+]2ccc(C)cc2)c(C(=O)OCC)c1C. The third kappa shape index (κ3) is 5.13. The Balaban J connectivity index is 2.28. The molecular weight excluding hydrogens is 368 g/mol. The number of aromatic nitrogens is 1. The van der Waals surface area contributed by atoms with Crippen molar-refractivity contribution in [1.29, 1.82) is 0 Å². The predicted octanol–water partition coefficient (Wildman–Crippen LogP) is 2.64. The zero-order chi connectivity index (χ0) is 20.0. The van der Waals surface area contributed by atoms with E-state index in [0.29, 0.717) is 5.56 Å². The van der Waals surface area contributed by atoms with Crippen LogP contribution in [0, 0.1) is 13.8 Å². The molecule has 2 aromatic heterocycles. The van der Waals surface area contributed by atoms with Crippen molar-refractivity contribution in [3.63, 3.8) is 0 Å². The summed E-state index contributed by atoms with van der Waals surface area (Å²) in [5.74, 6) is -1.43. The molecule has 0 aliphatic rings. The van der Waals surface area contributed by atoms with Gasteiger partial charge in [0.2, 0.25) is 6.54 Å². The summed E-state index contributed by atoms with van der Waals surface area (Å²) in [4.78, 5) is 37.2. The zero-order valence-electron chi connectivity index (χ0n) is 15.8. The molecule has 1 N–H and O–H groups in total. The van der Waals surface area contributed by atoms with Crippen LogP contribution in [0.3, 0.4) is 0 Å². The van der Waals surface area contributed by atoms with Crippen molar-refractivity contribution in [1.82, 2.24) is 0 Å². The van der Waals surface area contributed by atoms with E-state index in [-0.39, 0.29) is 41.1 Å². The fraction of sp³-hybridized carbons (Fsp3) is 0.368. The Morgan fingerprint density at radius 1 is 1.04 bits per heavy atom. The van der Waals surface area contributed by atoms with Crippen molar-refractivity contribution in [3.8, 4) is 0 Å². The molecule has 0 fully saturated rings. The van der Waals surface area contributed by atoms with E-state index < -0.39 is 11.9 Å². The average Bonchev–Trinajstić information content (AvgIpc) is 2.93. The fourth-order valence-electron chi connectivity index (χ4n) is 2.41. The molecular formula is C19H23N2O5S+. The van der Waals surface area contributed by atoms with Gasteiger partial charge in [0, 0.05) is 12.1 Å². The van der Waals surface area contributed by atoms with Crippen molar-refractivity contribution < 1.29 is 28.4 Å². The molecule has 8 heteroatoms. The second-order valence-electron chi connectivity index (χ2n) is 5.80. The minimum Gasteiger partial charge on any atom is -0.462 e. The quantitative estimate of drug-likeness (QED) is 0.579.